The Kier molecular flexibility index (Phi) is 3.83. The topological polar surface area (TPSA) is 29.5 Å². The van der Waals surface area contributed by atoms with Crippen molar-refractivity contribution in [3.05, 3.63) is 29.8 Å². The second-order valence-corrected chi connectivity index (χ2v) is 4.60. The van der Waals surface area contributed by atoms with Crippen LogP contribution in [0.5, 0.6) is 5.75 Å². The van der Waals surface area contributed by atoms with Crippen LogP contribution in [0.2, 0.25) is 0 Å². The molecule has 0 bridgehead atoms. The molecule has 16 heavy (non-hydrogen) atoms. The lowest BCUT2D eigenvalue weighted by Crippen LogP contribution is -2.19. The minimum absolute atomic E-state index is 0.347. The average Bonchev–Trinajstić information content (AvgIpc) is 2.27. The highest BCUT2D eigenvalue weighted by Crippen LogP contribution is 2.27. The SMILES string of the molecule is CC[C@@H](O)c1ccc(OCC2CCC2)cc1. The van der Waals surface area contributed by atoms with Crippen molar-refractivity contribution >= 4 is 0 Å². The Labute approximate surface area is 97.3 Å². The molecular formula is C14H20O2. The minimum atomic E-state index is -0.347. The first-order valence-electron chi connectivity index (χ1n) is 6.20. The summed E-state index contributed by atoms with van der Waals surface area (Å²) in [6, 6.07) is 7.80. The van der Waals surface area contributed by atoms with Gasteiger partial charge >= 0.3 is 0 Å². The summed E-state index contributed by atoms with van der Waals surface area (Å²) >= 11 is 0. The predicted molar refractivity (Wildman–Crippen MR) is 64.5 cm³/mol. The van der Waals surface area contributed by atoms with Crippen molar-refractivity contribution in [3.8, 4) is 5.75 Å². The van der Waals surface area contributed by atoms with Gasteiger partial charge in [-0.1, -0.05) is 25.5 Å². The largest absolute Gasteiger partial charge is 0.493 e. The van der Waals surface area contributed by atoms with E-state index in [0.717, 1.165) is 30.3 Å². The fraction of sp³-hybridized carbons (Fsp3) is 0.571. The molecule has 1 atom stereocenters. The smallest absolute Gasteiger partial charge is 0.119 e. The van der Waals surface area contributed by atoms with Crippen LogP contribution >= 0.6 is 0 Å². The molecule has 0 radical (unpaired) electrons. The van der Waals surface area contributed by atoms with Gasteiger partial charge in [0.05, 0.1) is 12.7 Å². The first-order chi connectivity index (χ1) is 7.79. The Morgan fingerprint density at radius 1 is 1.31 bits per heavy atom. The van der Waals surface area contributed by atoms with E-state index in [1.54, 1.807) is 0 Å². The number of hydrogen-bond donors (Lipinski definition) is 1. The third-order valence-corrected chi connectivity index (χ3v) is 3.36. The van der Waals surface area contributed by atoms with Crippen molar-refractivity contribution in [1.29, 1.82) is 0 Å². The fourth-order valence-electron chi connectivity index (χ4n) is 1.90. The highest BCUT2D eigenvalue weighted by Gasteiger charge is 2.17. The van der Waals surface area contributed by atoms with Gasteiger partial charge in [-0.2, -0.15) is 0 Å². The van der Waals surface area contributed by atoms with Crippen LogP contribution in [0, 0.1) is 5.92 Å². The summed E-state index contributed by atoms with van der Waals surface area (Å²) in [6.07, 6.45) is 4.39. The first-order valence-corrected chi connectivity index (χ1v) is 6.20. The lowest BCUT2D eigenvalue weighted by Gasteiger charge is -2.25. The van der Waals surface area contributed by atoms with E-state index in [-0.39, 0.29) is 6.10 Å². The predicted octanol–water partition coefficient (Wildman–Crippen LogP) is 3.31. The first kappa shape index (κ1) is 11.5. The third-order valence-electron chi connectivity index (χ3n) is 3.36. The normalized spacial score (nSPS) is 17.9. The molecule has 1 aliphatic carbocycles. The molecule has 0 spiro atoms. The van der Waals surface area contributed by atoms with Crippen LogP contribution in [0.15, 0.2) is 24.3 Å². The summed E-state index contributed by atoms with van der Waals surface area (Å²) in [5, 5.41) is 9.64. The van der Waals surface area contributed by atoms with Crippen LogP contribution in [0.1, 0.15) is 44.3 Å². The Hall–Kier alpha value is -1.02. The van der Waals surface area contributed by atoms with Crippen LogP contribution in [0.4, 0.5) is 0 Å². The molecule has 88 valence electrons. The van der Waals surface area contributed by atoms with Gasteiger partial charge in [-0.3, -0.25) is 0 Å². The molecule has 1 aliphatic rings. The maximum atomic E-state index is 9.64. The van der Waals surface area contributed by atoms with E-state index < -0.39 is 0 Å². The zero-order valence-electron chi connectivity index (χ0n) is 9.86. The van der Waals surface area contributed by atoms with Gasteiger partial charge in [0, 0.05) is 0 Å². The molecule has 0 heterocycles. The second-order valence-electron chi connectivity index (χ2n) is 4.60. The van der Waals surface area contributed by atoms with Gasteiger partial charge in [0.2, 0.25) is 0 Å². The molecule has 1 N–H and O–H groups in total. The Balaban J connectivity index is 1.85. The number of benzene rings is 1. The van der Waals surface area contributed by atoms with Crippen molar-refractivity contribution in [2.24, 2.45) is 5.92 Å². The summed E-state index contributed by atoms with van der Waals surface area (Å²) in [7, 11) is 0. The molecule has 2 heteroatoms. The molecule has 0 aliphatic heterocycles. The molecule has 2 nitrogen and oxygen atoms in total. The Morgan fingerprint density at radius 3 is 2.50 bits per heavy atom. The molecule has 1 saturated carbocycles. The molecule has 0 saturated heterocycles. The van der Waals surface area contributed by atoms with Crippen LogP contribution < -0.4 is 4.74 Å². The molecule has 0 unspecified atom stereocenters. The van der Waals surface area contributed by atoms with E-state index in [2.05, 4.69) is 0 Å². The standard InChI is InChI=1S/C14H20O2/c1-2-14(15)12-6-8-13(9-7-12)16-10-11-4-3-5-11/h6-9,11,14-15H,2-5,10H2,1H3/t14-/m1/s1. The van der Waals surface area contributed by atoms with E-state index in [4.69, 9.17) is 4.74 Å². The van der Waals surface area contributed by atoms with Crippen LogP contribution in [0.25, 0.3) is 0 Å². The number of aliphatic hydroxyl groups is 1. The maximum Gasteiger partial charge on any atom is 0.119 e. The summed E-state index contributed by atoms with van der Waals surface area (Å²) in [5.74, 6) is 1.68. The van der Waals surface area contributed by atoms with Gasteiger partial charge in [-0.05, 0) is 42.9 Å². The molecule has 0 amide bonds. The van der Waals surface area contributed by atoms with Crippen molar-refractivity contribution in [3.63, 3.8) is 0 Å². The van der Waals surface area contributed by atoms with Gasteiger partial charge in [0.25, 0.3) is 0 Å². The molecule has 2 rings (SSSR count). The van der Waals surface area contributed by atoms with E-state index >= 15 is 0 Å². The van der Waals surface area contributed by atoms with Gasteiger partial charge in [0.1, 0.15) is 5.75 Å². The van der Waals surface area contributed by atoms with Gasteiger partial charge < -0.3 is 9.84 Å². The van der Waals surface area contributed by atoms with Crippen molar-refractivity contribution in [1.82, 2.24) is 0 Å². The van der Waals surface area contributed by atoms with Gasteiger partial charge in [-0.25, -0.2) is 0 Å². The second kappa shape index (κ2) is 5.35. The summed E-state index contributed by atoms with van der Waals surface area (Å²) in [6.45, 7) is 2.82. The minimum Gasteiger partial charge on any atom is -0.493 e. The van der Waals surface area contributed by atoms with Crippen molar-refractivity contribution in [2.45, 2.75) is 38.7 Å². The van der Waals surface area contributed by atoms with Crippen LogP contribution in [-0.2, 0) is 0 Å². The van der Waals surface area contributed by atoms with E-state index in [1.807, 2.05) is 31.2 Å². The number of hydrogen-bond acceptors (Lipinski definition) is 2. The molecular weight excluding hydrogens is 200 g/mol. The van der Waals surface area contributed by atoms with E-state index in [0.29, 0.717) is 0 Å². The lowest BCUT2D eigenvalue weighted by atomic mass is 9.86. The number of aliphatic hydroxyl groups excluding tert-OH is 1. The highest BCUT2D eigenvalue weighted by molar-refractivity contribution is 5.28. The third kappa shape index (κ3) is 2.76. The zero-order chi connectivity index (χ0) is 11.4. The van der Waals surface area contributed by atoms with Crippen LogP contribution in [0.3, 0.4) is 0 Å². The van der Waals surface area contributed by atoms with E-state index in [9.17, 15) is 5.11 Å². The average molecular weight is 220 g/mol. The monoisotopic (exact) mass is 220 g/mol. The lowest BCUT2D eigenvalue weighted by molar-refractivity contribution is 0.172. The highest BCUT2D eigenvalue weighted by atomic mass is 16.5. The van der Waals surface area contributed by atoms with E-state index in [1.165, 1.54) is 19.3 Å². The summed E-state index contributed by atoms with van der Waals surface area (Å²) in [5.41, 5.74) is 0.971. The van der Waals surface area contributed by atoms with Crippen molar-refractivity contribution in [2.75, 3.05) is 6.61 Å². The quantitative estimate of drug-likeness (QED) is 0.825. The zero-order valence-corrected chi connectivity index (χ0v) is 9.86. The van der Waals surface area contributed by atoms with Gasteiger partial charge in [0.15, 0.2) is 0 Å². The number of rotatable bonds is 5. The van der Waals surface area contributed by atoms with Gasteiger partial charge in [-0.15, -0.1) is 0 Å². The molecule has 0 aromatic heterocycles. The van der Waals surface area contributed by atoms with Crippen molar-refractivity contribution < 1.29 is 9.84 Å². The number of ether oxygens (including phenoxy) is 1. The summed E-state index contributed by atoms with van der Waals surface area (Å²) in [4.78, 5) is 0. The van der Waals surface area contributed by atoms with Crippen LogP contribution in [-0.4, -0.2) is 11.7 Å². The fourth-order valence-corrected chi connectivity index (χ4v) is 1.90. The molecule has 1 aromatic rings. The Bertz CT molecular complexity index is 314. The maximum absolute atomic E-state index is 9.64. The molecule has 1 aromatic carbocycles. The summed E-state index contributed by atoms with van der Waals surface area (Å²) < 4.78 is 5.70. The molecule has 1 fully saturated rings. The Morgan fingerprint density at radius 2 is 2.00 bits per heavy atom.